The molecule has 1 aliphatic heterocycles. The van der Waals surface area contributed by atoms with Crippen molar-refractivity contribution >= 4 is 5.96 Å². The van der Waals surface area contributed by atoms with Gasteiger partial charge in [-0.15, -0.1) is 0 Å². The number of rotatable bonds is 8. The maximum atomic E-state index is 5.47. The van der Waals surface area contributed by atoms with Gasteiger partial charge >= 0.3 is 0 Å². The lowest BCUT2D eigenvalue weighted by Crippen LogP contribution is -2.45. The van der Waals surface area contributed by atoms with Crippen LogP contribution < -0.4 is 10.6 Å². The molecule has 146 valence electrons. The topological polar surface area (TPSA) is 58.8 Å². The number of benzene rings is 1. The predicted molar refractivity (Wildman–Crippen MR) is 109 cm³/mol. The quantitative estimate of drug-likeness (QED) is 0.551. The molecule has 5 nitrogen and oxygen atoms in total. The lowest BCUT2D eigenvalue weighted by atomic mass is 9.94. The molecule has 0 amide bonds. The minimum absolute atomic E-state index is 0.266. The van der Waals surface area contributed by atoms with Gasteiger partial charge in [-0.25, -0.2) is 0 Å². The molecule has 3 atom stereocenters. The molecular weight excluding hydrogens is 338 g/mol. The Morgan fingerprint density at radius 2 is 2.04 bits per heavy atom. The highest BCUT2D eigenvalue weighted by Crippen LogP contribution is 2.18. The third-order valence-corrected chi connectivity index (χ3v) is 5.22. The number of hydrogen-bond acceptors (Lipinski definition) is 3. The van der Waals surface area contributed by atoms with Gasteiger partial charge in [0.15, 0.2) is 5.96 Å². The summed E-state index contributed by atoms with van der Waals surface area (Å²) in [5.74, 6) is 2.76. The fourth-order valence-corrected chi connectivity index (χ4v) is 3.25. The van der Waals surface area contributed by atoms with Gasteiger partial charge in [-0.05, 0) is 31.0 Å². The van der Waals surface area contributed by atoms with Crippen molar-refractivity contribution in [3.05, 3.63) is 60.1 Å². The summed E-state index contributed by atoms with van der Waals surface area (Å²) in [4.78, 5) is 4.82. The Balaban J connectivity index is 1.57. The molecule has 0 bridgehead atoms. The maximum Gasteiger partial charge on any atom is 0.191 e. The monoisotopic (exact) mass is 369 g/mol. The van der Waals surface area contributed by atoms with Crippen molar-refractivity contribution in [1.82, 2.24) is 10.6 Å². The van der Waals surface area contributed by atoms with Crippen molar-refractivity contribution < 1.29 is 9.15 Å². The molecule has 1 aliphatic rings. The number of guanidine groups is 1. The van der Waals surface area contributed by atoms with Crippen LogP contribution in [0.4, 0.5) is 0 Å². The number of hydrogen-bond donors (Lipinski definition) is 2. The van der Waals surface area contributed by atoms with Crippen LogP contribution in [0.1, 0.15) is 37.5 Å². The number of aliphatic imine (C=N–C) groups is 1. The fraction of sp³-hybridized carbons (Fsp3) is 0.500. The predicted octanol–water partition coefficient (Wildman–Crippen LogP) is 3.59. The molecule has 1 aromatic carbocycles. The molecule has 0 spiro atoms. The Labute approximate surface area is 162 Å². The average molecular weight is 370 g/mol. The van der Waals surface area contributed by atoms with Crippen molar-refractivity contribution in [2.75, 3.05) is 26.3 Å². The highest BCUT2D eigenvalue weighted by Gasteiger charge is 2.18. The third-order valence-electron chi connectivity index (χ3n) is 5.22. The van der Waals surface area contributed by atoms with Gasteiger partial charge in [-0.1, -0.05) is 37.3 Å². The summed E-state index contributed by atoms with van der Waals surface area (Å²) in [5.41, 5.74) is 1.33. The van der Waals surface area contributed by atoms with Crippen LogP contribution >= 0.6 is 0 Å². The summed E-state index contributed by atoms with van der Waals surface area (Å²) in [6.07, 6.45) is 3.65. The van der Waals surface area contributed by atoms with E-state index in [0.717, 1.165) is 50.9 Å². The Hall–Kier alpha value is -2.27. The average Bonchev–Trinajstić information content (AvgIpc) is 3.40. The lowest BCUT2D eigenvalue weighted by Gasteiger charge is -2.24. The minimum Gasteiger partial charge on any atom is -0.469 e. The van der Waals surface area contributed by atoms with Crippen molar-refractivity contribution in [2.45, 2.75) is 38.6 Å². The van der Waals surface area contributed by atoms with Crippen LogP contribution in [0, 0.1) is 5.92 Å². The summed E-state index contributed by atoms with van der Waals surface area (Å²) in [5, 5.41) is 7.04. The van der Waals surface area contributed by atoms with Crippen LogP contribution in [-0.2, 0) is 11.2 Å². The molecule has 1 saturated heterocycles. The van der Waals surface area contributed by atoms with Gasteiger partial charge < -0.3 is 19.8 Å². The second kappa shape index (κ2) is 10.2. The number of ether oxygens (including phenoxy) is 1. The van der Waals surface area contributed by atoms with E-state index in [9.17, 15) is 0 Å². The largest absolute Gasteiger partial charge is 0.469 e. The third kappa shape index (κ3) is 6.14. The Morgan fingerprint density at radius 3 is 2.74 bits per heavy atom. The van der Waals surface area contributed by atoms with Gasteiger partial charge in [0.1, 0.15) is 5.76 Å². The van der Waals surface area contributed by atoms with Crippen LogP contribution in [0.5, 0.6) is 0 Å². The summed E-state index contributed by atoms with van der Waals surface area (Å²) in [7, 11) is 0. The molecule has 3 rings (SSSR count). The van der Waals surface area contributed by atoms with E-state index in [4.69, 9.17) is 14.1 Å². The van der Waals surface area contributed by atoms with E-state index in [1.165, 1.54) is 5.56 Å². The second-order valence-corrected chi connectivity index (χ2v) is 7.31. The van der Waals surface area contributed by atoms with Crippen LogP contribution in [0.15, 0.2) is 58.1 Å². The van der Waals surface area contributed by atoms with Gasteiger partial charge in [0.25, 0.3) is 0 Å². The van der Waals surface area contributed by atoms with Gasteiger partial charge in [0.05, 0.1) is 12.9 Å². The molecule has 5 heteroatoms. The zero-order chi connectivity index (χ0) is 18.9. The smallest absolute Gasteiger partial charge is 0.191 e. The SMILES string of the molecule is CC(NC(=NCC1CCOC1)NCCc1ccco1)C(C)c1ccccc1. The Morgan fingerprint density at radius 1 is 1.19 bits per heavy atom. The van der Waals surface area contributed by atoms with E-state index < -0.39 is 0 Å². The molecule has 0 aliphatic carbocycles. The Bertz CT molecular complexity index is 679. The van der Waals surface area contributed by atoms with Crippen LogP contribution in [0.3, 0.4) is 0 Å². The first kappa shape index (κ1) is 19.5. The number of furan rings is 1. The molecular formula is C22H31N3O2. The molecule has 0 radical (unpaired) electrons. The first-order valence-corrected chi connectivity index (χ1v) is 9.92. The molecule has 0 saturated carbocycles. The molecule has 2 heterocycles. The standard InChI is InChI=1S/C22H31N3O2/c1-17(20-7-4-3-5-8-20)18(2)25-22(24-15-19-11-14-26-16-19)23-12-10-21-9-6-13-27-21/h3-9,13,17-19H,10-12,14-16H2,1-2H3,(H2,23,24,25). The van der Waals surface area contributed by atoms with Gasteiger partial charge in [-0.2, -0.15) is 0 Å². The van der Waals surface area contributed by atoms with E-state index in [1.807, 2.05) is 12.1 Å². The highest BCUT2D eigenvalue weighted by molar-refractivity contribution is 5.80. The molecule has 1 fully saturated rings. The molecule has 27 heavy (non-hydrogen) atoms. The van der Waals surface area contributed by atoms with Crippen molar-refractivity contribution in [1.29, 1.82) is 0 Å². The van der Waals surface area contributed by atoms with E-state index in [1.54, 1.807) is 6.26 Å². The van der Waals surface area contributed by atoms with Crippen molar-refractivity contribution in [3.63, 3.8) is 0 Å². The fourth-order valence-electron chi connectivity index (χ4n) is 3.25. The zero-order valence-corrected chi connectivity index (χ0v) is 16.4. The highest BCUT2D eigenvalue weighted by atomic mass is 16.5. The first-order valence-electron chi connectivity index (χ1n) is 9.92. The van der Waals surface area contributed by atoms with Gasteiger partial charge in [0.2, 0.25) is 0 Å². The molecule has 1 aromatic heterocycles. The number of nitrogens with zero attached hydrogens (tertiary/aromatic N) is 1. The van der Waals surface area contributed by atoms with Crippen molar-refractivity contribution in [3.8, 4) is 0 Å². The summed E-state index contributed by atoms with van der Waals surface area (Å²) >= 11 is 0. The lowest BCUT2D eigenvalue weighted by molar-refractivity contribution is 0.187. The van der Waals surface area contributed by atoms with Crippen molar-refractivity contribution in [2.24, 2.45) is 10.9 Å². The van der Waals surface area contributed by atoms with Gasteiger partial charge in [0, 0.05) is 44.0 Å². The van der Waals surface area contributed by atoms with E-state index >= 15 is 0 Å². The second-order valence-electron chi connectivity index (χ2n) is 7.31. The van der Waals surface area contributed by atoms with E-state index in [0.29, 0.717) is 11.8 Å². The van der Waals surface area contributed by atoms with E-state index in [-0.39, 0.29) is 6.04 Å². The summed E-state index contributed by atoms with van der Waals surface area (Å²) < 4.78 is 10.9. The minimum atomic E-state index is 0.266. The summed E-state index contributed by atoms with van der Waals surface area (Å²) in [6.45, 7) is 7.71. The van der Waals surface area contributed by atoms with E-state index in [2.05, 4.69) is 54.8 Å². The first-order chi connectivity index (χ1) is 13.2. The zero-order valence-electron chi connectivity index (χ0n) is 16.4. The normalized spacial score (nSPS) is 19.6. The Kier molecular flexibility index (Phi) is 7.34. The maximum absolute atomic E-state index is 5.47. The summed E-state index contributed by atoms with van der Waals surface area (Å²) in [6, 6.07) is 14.8. The van der Waals surface area contributed by atoms with Crippen LogP contribution in [0.25, 0.3) is 0 Å². The molecule has 2 aromatic rings. The number of nitrogens with one attached hydrogen (secondary N) is 2. The molecule has 3 unspecified atom stereocenters. The van der Waals surface area contributed by atoms with Crippen LogP contribution in [0.2, 0.25) is 0 Å². The van der Waals surface area contributed by atoms with Gasteiger partial charge in [-0.3, -0.25) is 4.99 Å². The molecule has 2 N–H and O–H groups in total. The van der Waals surface area contributed by atoms with Crippen LogP contribution in [-0.4, -0.2) is 38.3 Å².